The molecule has 0 unspecified atom stereocenters. The number of hydrogen-bond acceptors (Lipinski definition) is 1. The molecule has 0 fully saturated rings. The molecule has 6 aromatic rings. The summed E-state index contributed by atoms with van der Waals surface area (Å²) in [6.45, 7) is 0. The molecule has 0 aliphatic heterocycles. The standard InChI is InChI=1S/C29H20BrN/c30-19-20-6-4-11-25(18-20)31(24-9-2-1-3-10-24)27-17-15-23-13-12-21-7-5-8-22-14-16-26(27)29(23)28(21)22/h1-18H,19H2. The molecule has 6 aromatic carbocycles. The summed E-state index contributed by atoms with van der Waals surface area (Å²) in [4.78, 5) is 2.37. The molecule has 0 aliphatic carbocycles. The van der Waals surface area contributed by atoms with Crippen LogP contribution in [0.2, 0.25) is 0 Å². The summed E-state index contributed by atoms with van der Waals surface area (Å²) in [7, 11) is 0. The minimum atomic E-state index is 0.835. The quantitative estimate of drug-likeness (QED) is 0.187. The summed E-state index contributed by atoms with van der Waals surface area (Å²) in [5, 5.41) is 8.66. The van der Waals surface area contributed by atoms with Gasteiger partial charge in [0.1, 0.15) is 0 Å². The van der Waals surface area contributed by atoms with Crippen molar-refractivity contribution in [1.29, 1.82) is 0 Å². The van der Waals surface area contributed by atoms with E-state index >= 15 is 0 Å². The van der Waals surface area contributed by atoms with Crippen molar-refractivity contribution in [2.24, 2.45) is 0 Å². The molecule has 0 aliphatic rings. The Bertz CT molecular complexity index is 1500. The summed E-state index contributed by atoms with van der Waals surface area (Å²) in [6.07, 6.45) is 0. The summed E-state index contributed by atoms with van der Waals surface area (Å²) in [5.74, 6) is 0. The molecule has 0 N–H and O–H groups in total. The molecule has 0 spiro atoms. The summed E-state index contributed by atoms with van der Waals surface area (Å²) in [5.41, 5.74) is 4.78. The van der Waals surface area contributed by atoms with Gasteiger partial charge in [-0.2, -0.15) is 0 Å². The van der Waals surface area contributed by atoms with Crippen LogP contribution in [0.4, 0.5) is 17.1 Å². The zero-order chi connectivity index (χ0) is 20.8. The Balaban J connectivity index is 1.70. The van der Waals surface area contributed by atoms with Crippen molar-refractivity contribution >= 4 is 65.3 Å². The van der Waals surface area contributed by atoms with E-state index in [9.17, 15) is 0 Å². The van der Waals surface area contributed by atoms with E-state index in [0.717, 1.165) is 16.7 Å². The van der Waals surface area contributed by atoms with Crippen molar-refractivity contribution < 1.29 is 0 Å². The van der Waals surface area contributed by atoms with E-state index in [1.54, 1.807) is 0 Å². The monoisotopic (exact) mass is 461 g/mol. The molecule has 0 saturated heterocycles. The van der Waals surface area contributed by atoms with E-state index in [2.05, 4.69) is 130 Å². The number of nitrogens with zero attached hydrogens (tertiary/aromatic N) is 1. The van der Waals surface area contributed by atoms with Gasteiger partial charge in [-0.25, -0.2) is 0 Å². The van der Waals surface area contributed by atoms with Crippen LogP contribution in [0.1, 0.15) is 5.56 Å². The SMILES string of the molecule is BrCc1cccc(N(c2ccccc2)c2ccc3ccc4cccc5ccc2c3c45)c1. The summed E-state index contributed by atoms with van der Waals surface area (Å²) < 4.78 is 0. The lowest BCUT2D eigenvalue weighted by Crippen LogP contribution is -2.10. The Morgan fingerprint density at radius 3 is 1.97 bits per heavy atom. The molecule has 0 heterocycles. The second-order valence-electron chi connectivity index (χ2n) is 7.92. The minimum absolute atomic E-state index is 0.835. The van der Waals surface area contributed by atoms with E-state index in [1.807, 2.05) is 0 Å². The molecule has 0 aromatic heterocycles. The highest BCUT2D eigenvalue weighted by molar-refractivity contribution is 9.08. The largest absolute Gasteiger partial charge is 0.310 e. The fraction of sp³-hybridized carbons (Fsp3) is 0.0345. The number of alkyl halides is 1. The second-order valence-corrected chi connectivity index (χ2v) is 8.48. The average molecular weight is 462 g/mol. The first-order chi connectivity index (χ1) is 15.3. The number of anilines is 3. The maximum atomic E-state index is 3.62. The fourth-order valence-corrected chi connectivity index (χ4v) is 5.05. The predicted molar refractivity (Wildman–Crippen MR) is 137 cm³/mol. The van der Waals surface area contributed by atoms with Crippen LogP contribution in [-0.2, 0) is 5.33 Å². The van der Waals surface area contributed by atoms with Crippen molar-refractivity contribution in [2.45, 2.75) is 5.33 Å². The molecule has 0 bridgehead atoms. The molecular formula is C29H20BrN. The number of halogens is 1. The Morgan fingerprint density at radius 2 is 1.19 bits per heavy atom. The normalized spacial score (nSPS) is 11.5. The van der Waals surface area contributed by atoms with Gasteiger partial charge >= 0.3 is 0 Å². The highest BCUT2D eigenvalue weighted by Crippen LogP contribution is 2.43. The molecule has 1 nitrogen and oxygen atoms in total. The van der Waals surface area contributed by atoms with Crippen molar-refractivity contribution in [1.82, 2.24) is 0 Å². The Hall–Kier alpha value is -3.36. The van der Waals surface area contributed by atoms with Gasteiger partial charge in [0.2, 0.25) is 0 Å². The molecule has 6 rings (SSSR count). The van der Waals surface area contributed by atoms with Crippen LogP contribution in [0.5, 0.6) is 0 Å². The highest BCUT2D eigenvalue weighted by atomic mass is 79.9. The van der Waals surface area contributed by atoms with Gasteiger partial charge in [0.25, 0.3) is 0 Å². The third-order valence-corrected chi connectivity index (χ3v) is 6.73. The number of benzene rings is 6. The van der Waals surface area contributed by atoms with Gasteiger partial charge in [-0.3, -0.25) is 0 Å². The first kappa shape index (κ1) is 18.4. The Morgan fingerprint density at radius 1 is 0.548 bits per heavy atom. The van der Waals surface area contributed by atoms with Crippen molar-refractivity contribution in [2.75, 3.05) is 4.90 Å². The lowest BCUT2D eigenvalue weighted by atomic mass is 9.93. The van der Waals surface area contributed by atoms with Gasteiger partial charge in [0.15, 0.2) is 0 Å². The predicted octanol–water partition coefficient (Wildman–Crippen LogP) is 8.95. The van der Waals surface area contributed by atoms with Crippen LogP contribution in [0, 0.1) is 0 Å². The van der Waals surface area contributed by atoms with Gasteiger partial charge in [-0.05, 0) is 62.8 Å². The third-order valence-electron chi connectivity index (χ3n) is 6.08. The van der Waals surface area contributed by atoms with Gasteiger partial charge in [0, 0.05) is 22.1 Å². The molecule has 0 radical (unpaired) electrons. The molecule has 0 saturated carbocycles. The van der Waals surface area contributed by atoms with Crippen molar-refractivity contribution in [3.8, 4) is 0 Å². The highest BCUT2D eigenvalue weighted by Gasteiger charge is 2.18. The average Bonchev–Trinajstić information content (AvgIpc) is 2.84. The number of para-hydroxylation sites is 1. The van der Waals surface area contributed by atoms with Crippen LogP contribution in [0.15, 0.2) is 109 Å². The molecule has 31 heavy (non-hydrogen) atoms. The van der Waals surface area contributed by atoms with Crippen LogP contribution < -0.4 is 4.90 Å². The minimum Gasteiger partial charge on any atom is -0.310 e. The maximum absolute atomic E-state index is 3.62. The van der Waals surface area contributed by atoms with Crippen molar-refractivity contribution in [3.05, 3.63) is 115 Å². The molecule has 0 amide bonds. The third kappa shape index (κ3) is 2.98. The topological polar surface area (TPSA) is 3.24 Å². The lowest BCUT2D eigenvalue weighted by Gasteiger charge is -2.28. The molecule has 0 atom stereocenters. The van der Waals surface area contributed by atoms with Crippen LogP contribution in [-0.4, -0.2) is 0 Å². The van der Waals surface area contributed by atoms with Crippen LogP contribution in [0.25, 0.3) is 32.3 Å². The van der Waals surface area contributed by atoms with Gasteiger partial charge in [0.05, 0.1) is 5.69 Å². The van der Waals surface area contributed by atoms with Gasteiger partial charge in [-0.1, -0.05) is 94.8 Å². The smallest absolute Gasteiger partial charge is 0.0540 e. The molecular weight excluding hydrogens is 442 g/mol. The van der Waals surface area contributed by atoms with Gasteiger partial charge in [-0.15, -0.1) is 0 Å². The Kier molecular flexibility index (Phi) is 4.40. The number of hydrogen-bond donors (Lipinski definition) is 0. The molecule has 148 valence electrons. The van der Waals surface area contributed by atoms with Crippen LogP contribution in [0.3, 0.4) is 0 Å². The number of rotatable bonds is 4. The summed E-state index contributed by atoms with van der Waals surface area (Å²) in [6, 6.07) is 39.5. The van der Waals surface area contributed by atoms with Crippen molar-refractivity contribution in [3.63, 3.8) is 0 Å². The molecule has 2 heteroatoms. The zero-order valence-corrected chi connectivity index (χ0v) is 18.5. The first-order valence-electron chi connectivity index (χ1n) is 10.5. The van der Waals surface area contributed by atoms with Gasteiger partial charge < -0.3 is 4.90 Å². The van der Waals surface area contributed by atoms with E-state index in [1.165, 1.54) is 43.6 Å². The van der Waals surface area contributed by atoms with E-state index in [4.69, 9.17) is 0 Å². The van der Waals surface area contributed by atoms with E-state index < -0.39 is 0 Å². The second kappa shape index (κ2) is 7.40. The van der Waals surface area contributed by atoms with E-state index in [-0.39, 0.29) is 0 Å². The first-order valence-corrected chi connectivity index (χ1v) is 11.6. The zero-order valence-electron chi connectivity index (χ0n) is 16.9. The fourth-order valence-electron chi connectivity index (χ4n) is 4.70. The Labute approximate surface area is 190 Å². The summed E-state index contributed by atoms with van der Waals surface area (Å²) >= 11 is 3.62. The maximum Gasteiger partial charge on any atom is 0.0540 e. The van der Waals surface area contributed by atoms with E-state index in [0.29, 0.717) is 0 Å². The lowest BCUT2D eigenvalue weighted by molar-refractivity contribution is 1.28. The van der Waals surface area contributed by atoms with Crippen LogP contribution >= 0.6 is 15.9 Å².